The topological polar surface area (TPSA) is 62.7 Å². The fourth-order valence-electron chi connectivity index (χ4n) is 5.96. The Morgan fingerprint density at radius 3 is 2.37 bits per heavy atom. The predicted molar refractivity (Wildman–Crippen MR) is 148 cm³/mol. The Bertz CT molecular complexity index is 1340. The van der Waals surface area contributed by atoms with Gasteiger partial charge in [-0.05, 0) is 99.9 Å². The van der Waals surface area contributed by atoms with Gasteiger partial charge in [-0.3, -0.25) is 9.78 Å². The van der Waals surface area contributed by atoms with Crippen LogP contribution in [0.25, 0.3) is 10.9 Å². The minimum Gasteiger partial charge on any atom is -0.443 e. The highest BCUT2D eigenvalue weighted by Crippen LogP contribution is 2.46. The largest absolute Gasteiger partial charge is 0.443 e. The smallest absolute Gasteiger partial charge is 0.421 e. The van der Waals surface area contributed by atoms with Crippen molar-refractivity contribution in [1.82, 2.24) is 4.98 Å². The second kappa shape index (κ2) is 10.2. The summed E-state index contributed by atoms with van der Waals surface area (Å²) in [5.41, 5.74) is 1.49. The van der Waals surface area contributed by atoms with E-state index in [1.807, 2.05) is 13.0 Å². The lowest BCUT2D eigenvalue weighted by Crippen LogP contribution is -2.45. The molecule has 2 fully saturated rings. The van der Waals surface area contributed by atoms with Crippen molar-refractivity contribution in [1.29, 1.82) is 0 Å². The van der Waals surface area contributed by atoms with Crippen molar-refractivity contribution >= 4 is 45.9 Å². The Morgan fingerprint density at radius 1 is 1.08 bits per heavy atom. The number of halogens is 2. The maximum Gasteiger partial charge on any atom is 0.421 e. The number of rotatable bonds is 4. The molecule has 1 aromatic heterocycles. The molecular weight excluding hydrogens is 505 g/mol. The van der Waals surface area contributed by atoms with Gasteiger partial charge in [0.1, 0.15) is 11.4 Å². The van der Waals surface area contributed by atoms with Gasteiger partial charge in [-0.15, -0.1) is 0 Å². The van der Waals surface area contributed by atoms with E-state index < -0.39 is 11.7 Å². The van der Waals surface area contributed by atoms with E-state index in [9.17, 15) is 14.0 Å². The summed E-state index contributed by atoms with van der Waals surface area (Å²) in [5, 5.41) is 1.35. The Morgan fingerprint density at radius 2 is 1.74 bits per heavy atom. The monoisotopic (exact) mass is 537 g/mol. The lowest BCUT2D eigenvalue weighted by atomic mass is 9.89. The Hall–Kier alpha value is -3.19. The van der Waals surface area contributed by atoms with E-state index in [1.54, 1.807) is 63.4 Å². The summed E-state index contributed by atoms with van der Waals surface area (Å²) in [4.78, 5) is 34.8. The molecule has 6 nitrogen and oxygen atoms in total. The first-order valence-electron chi connectivity index (χ1n) is 13.1. The molecule has 4 atom stereocenters. The zero-order chi connectivity index (χ0) is 27.2. The third-order valence-electron chi connectivity index (χ3n) is 7.79. The second-order valence-electron chi connectivity index (χ2n) is 11.6. The van der Waals surface area contributed by atoms with Crippen molar-refractivity contribution in [2.45, 2.75) is 46.1 Å². The highest BCUT2D eigenvalue weighted by Gasteiger charge is 2.45. The third-order valence-corrected chi connectivity index (χ3v) is 8.04. The fourth-order valence-corrected chi connectivity index (χ4v) is 6.08. The summed E-state index contributed by atoms with van der Waals surface area (Å²) in [5.74, 6) is 0.124. The number of amides is 2. The van der Waals surface area contributed by atoms with E-state index in [2.05, 4.69) is 9.88 Å². The van der Waals surface area contributed by atoms with Gasteiger partial charge in [0.05, 0.1) is 11.2 Å². The summed E-state index contributed by atoms with van der Waals surface area (Å²) in [6.07, 6.45) is 2.88. The van der Waals surface area contributed by atoms with Crippen LogP contribution in [-0.2, 0) is 9.53 Å². The lowest BCUT2D eigenvalue weighted by Gasteiger charge is -2.30. The Labute approximate surface area is 227 Å². The minimum atomic E-state index is -0.737. The summed E-state index contributed by atoms with van der Waals surface area (Å²) < 4.78 is 19.6. The molecule has 0 N–H and O–H groups in total. The van der Waals surface area contributed by atoms with Crippen molar-refractivity contribution in [2.75, 3.05) is 22.9 Å². The van der Waals surface area contributed by atoms with Gasteiger partial charge in [-0.2, -0.15) is 0 Å². The van der Waals surface area contributed by atoms with Gasteiger partial charge >= 0.3 is 6.09 Å². The van der Waals surface area contributed by atoms with E-state index in [0.717, 1.165) is 47.4 Å². The van der Waals surface area contributed by atoms with Crippen molar-refractivity contribution in [3.05, 3.63) is 65.6 Å². The standard InChI is InChI=1S/C30H33ClFN3O3/c1-18(28(36)35(29(37)38-30(2,3)4)24-8-5-22(31)6-9-24)19-13-20-16-34(17-21(20)14-19)27-11-12-33-26-10-7-23(32)15-25(26)27/h5-12,15,18-21H,13-14,16-17H2,1-4H3/t18?,19-,20-,21+. The molecule has 5 rings (SSSR count). The van der Waals surface area contributed by atoms with Gasteiger partial charge < -0.3 is 9.64 Å². The van der Waals surface area contributed by atoms with Crippen molar-refractivity contribution in [2.24, 2.45) is 23.7 Å². The SMILES string of the molecule is CC(C(=O)N(C(=O)OC(C)(C)C)c1ccc(Cl)cc1)[C@@H]1C[C@@H]2CN(c3ccnc4ccc(F)cc34)C[C@@H]2C1. The number of carbonyl (C=O) groups excluding carboxylic acids is 2. The minimum absolute atomic E-state index is 0.156. The number of carbonyl (C=O) groups is 2. The molecule has 1 aliphatic heterocycles. The first kappa shape index (κ1) is 26.4. The summed E-state index contributed by atoms with van der Waals surface area (Å²) in [6, 6.07) is 13.3. The number of hydrogen-bond donors (Lipinski definition) is 0. The van der Waals surface area contributed by atoms with Crippen molar-refractivity contribution in [3.8, 4) is 0 Å². The van der Waals surface area contributed by atoms with Crippen LogP contribution in [0.5, 0.6) is 0 Å². The van der Waals surface area contributed by atoms with E-state index >= 15 is 0 Å². The molecule has 0 radical (unpaired) electrons. The maximum atomic E-state index is 14.0. The molecule has 3 aromatic rings. The molecule has 1 aliphatic carbocycles. The van der Waals surface area contributed by atoms with Crippen LogP contribution in [0.3, 0.4) is 0 Å². The highest BCUT2D eigenvalue weighted by molar-refractivity contribution is 6.30. The molecule has 200 valence electrons. The number of fused-ring (bicyclic) bond motifs is 2. The molecule has 1 saturated carbocycles. The van der Waals surface area contributed by atoms with E-state index in [-0.39, 0.29) is 23.6 Å². The molecule has 1 unspecified atom stereocenters. The number of aromatic nitrogens is 1. The number of anilines is 2. The first-order chi connectivity index (χ1) is 18.0. The summed E-state index contributed by atoms with van der Waals surface area (Å²) in [6.45, 7) is 8.96. The van der Waals surface area contributed by atoms with E-state index in [1.165, 1.54) is 6.07 Å². The average molecular weight is 538 g/mol. The van der Waals surface area contributed by atoms with Crippen LogP contribution < -0.4 is 9.80 Å². The number of pyridine rings is 1. The molecule has 2 amide bonds. The highest BCUT2D eigenvalue weighted by atomic mass is 35.5. The van der Waals surface area contributed by atoms with E-state index in [4.69, 9.17) is 16.3 Å². The molecule has 0 spiro atoms. The van der Waals surface area contributed by atoms with Crippen LogP contribution in [0.2, 0.25) is 5.02 Å². The molecule has 2 aromatic carbocycles. The zero-order valence-corrected chi connectivity index (χ0v) is 22.9. The molecule has 38 heavy (non-hydrogen) atoms. The lowest BCUT2D eigenvalue weighted by molar-refractivity contribution is -0.123. The molecule has 0 bridgehead atoms. The van der Waals surface area contributed by atoms with Crippen LogP contribution in [0.15, 0.2) is 54.7 Å². The van der Waals surface area contributed by atoms with Crippen molar-refractivity contribution in [3.63, 3.8) is 0 Å². The molecular formula is C30H33ClFN3O3. The molecule has 1 saturated heterocycles. The number of benzene rings is 2. The van der Waals surface area contributed by atoms with Gasteiger partial charge in [0.2, 0.25) is 5.91 Å². The zero-order valence-electron chi connectivity index (χ0n) is 22.2. The van der Waals surface area contributed by atoms with Crippen molar-refractivity contribution < 1.29 is 18.7 Å². The van der Waals surface area contributed by atoms with Gasteiger partial charge in [-0.1, -0.05) is 18.5 Å². The normalized spacial score (nSPS) is 21.8. The molecule has 8 heteroatoms. The first-order valence-corrected chi connectivity index (χ1v) is 13.5. The maximum absolute atomic E-state index is 14.0. The third kappa shape index (κ3) is 5.35. The number of imide groups is 1. The van der Waals surface area contributed by atoms with Crippen LogP contribution in [-0.4, -0.2) is 35.7 Å². The Kier molecular flexibility index (Phi) is 7.07. The fraction of sp³-hybridized carbons (Fsp3) is 0.433. The predicted octanol–water partition coefficient (Wildman–Crippen LogP) is 7.09. The summed E-state index contributed by atoms with van der Waals surface area (Å²) in [7, 11) is 0. The Balaban J connectivity index is 1.31. The van der Waals surface area contributed by atoms with E-state index in [0.29, 0.717) is 22.5 Å². The van der Waals surface area contributed by atoms with Crippen LogP contribution in [0.4, 0.5) is 20.6 Å². The van der Waals surface area contributed by atoms with Gasteiger partial charge in [0, 0.05) is 41.3 Å². The van der Waals surface area contributed by atoms with Gasteiger partial charge in [0.25, 0.3) is 0 Å². The number of nitrogens with zero attached hydrogens (tertiary/aromatic N) is 3. The quantitative estimate of drug-likeness (QED) is 0.355. The van der Waals surface area contributed by atoms with Gasteiger partial charge in [-0.25, -0.2) is 14.1 Å². The molecule has 2 aliphatic rings. The van der Waals surface area contributed by atoms with Crippen LogP contribution in [0.1, 0.15) is 40.5 Å². The van der Waals surface area contributed by atoms with Crippen LogP contribution >= 0.6 is 11.6 Å². The van der Waals surface area contributed by atoms with Crippen LogP contribution in [0, 0.1) is 29.5 Å². The number of hydrogen-bond acceptors (Lipinski definition) is 5. The summed E-state index contributed by atoms with van der Waals surface area (Å²) >= 11 is 6.05. The average Bonchev–Trinajstić information content (AvgIpc) is 3.43. The number of ether oxygens (including phenoxy) is 1. The second-order valence-corrected chi connectivity index (χ2v) is 12.0. The molecule has 2 heterocycles. The van der Waals surface area contributed by atoms with Gasteiger partial charge in [0.15, 0.2) is 0 Å².